The van der Waals surface area contributed by atoms with E-state index >= 15 is 0 Å². The number of aromatic amines is 1. The highest BCUT2D eigenvalue weighted by atomic mass is 16.3. The Balaban J connectivity index is 2.21. The fraction of sp³-hybridized carbons (Fsp3) is 0.0833. The molecule has 0 aliphatic rings. The Morgan fingerprint density at radius 2 is 2.29 bits per heavy atom. The van der Waals surface area contributed by atoms with Crippen LogP contribution in [0.1, 0.15) is 11.6 Å². The predicted octanol–water partition coefficient (Wildman–Crippen LogP) is 2.40. The zero-order chi connectivity index (χ0) is 11.8. The molecule has 0 bridgehead atoms. The van der Waals surface area contributed by atoms with Crippen molar-refractivity contribution in [1.29, 1.82) is 5.26 Å². The fourth-order valence-electron chi connectivity index (χ4n) is 1.80. The first-order valence-electron chi connectivity index (χ1n) is 5.09. The number of nitrogens with one attached hydrogen (secondary N) is 1. The second kappa shape index (κ2) is 3.46. The van der Waals surface area contributed by atoms with Gasteiger partial charge in [0.1, 0.15) is 11.6 Å². The van der Waals surface area contributed by atoms with Crippen LogP contribution in [0.4, 0.5) is 0 Å². The third kappa shape index (κ3) is 1.47. The molecule has 0 fully saturated rings. The lowest BCUT2D eigenvalue weighted by atomic mass is 10.1. The van der Waals surface area contributed by atoms with Gasteiger partial charge in [-0.15, -0.1) is 0 Å². The number of nitriles is 1. The van der Waals surface area contributed by atoms with E-state index in [2.05, 4.69) is 15.0 Å². The molecule has 5 heteroatoms. The molecule has 2 heterocycles. The minimum absolute atomic E-state index is 0.379. The van der Waals surface area contributed by atoms with Gasteiger partial charge in [0.15, 0.2) is 17.2 Å². The Bertz CT molecular complexity index is 732. The molecule has 5 nitrogen and oxygen atoms in total. The lowest BCUT2D eigenvalue weighted by Crippen LogP contribution is -1.82. The minimum Gasteiger partial charge on any atom is -0.441 e. The molecular weight excluding hydrogens is 216 g/mol. The largest absolute Gasteiger partial charge is 0.441 e. The smallest absolute Gasteiger partial charge is 0.192 e. The number of H-pyrrole nitrogens is 1. The van der Waals surface area contributed by atoms with Crippen LogP contribution in [0.5, 0.6) is 0 Å². The summed E-state index contributed by atoms with van der Waals surface area (Å²) in [6, 6.07) is 7.63. The highest BCUT2D eigenvalue weighted by Gasteiger charge is 2.09. The minimum atomic E-state index is 0.379. The molecule has 0 aliphatic heterocycles. The Hall–Kier alpha value is -2.61. The number of aryl methyl sites for hydroxylation is 1. The summed E-state index contributed by atoms with van der Waals surface area (Å²) in [5.74, 6) is 0.627. The van der Waals surface area contributed by atoms with Crippen molar-refractivity contribution in [1.82, 2.24) is 15.0 Å². The van der Waals surface area contributed by atoms with E-state index < -0.39 is 0 Å². The van der Waals surface area contributed by atoms with Crippen LogP contribution >= 0.6 is 0 Å². The fourth-order valence-corrected chi connectivity index (χ4v) is 1.80. The van der Waals surface area contributed by atoms with Crippen molar-refractivity contribution < 1.29 is 4.42 Å². The summed E-state index contributed by atoms with van der Waals surface area (Å²) in [7, 11) is 0. The van der Waals surface area contributed by atoms with Gasteiger partial charge in [-0.3, -0.25) is 0 Å². The maximum atomic E-state index is 8.92. The van der Waals surface area contributed by atoms with Crippen LogP contribution < -0.4 is 0 Å². The van der Waals surface area contributed by atoms with E-state index in [4.69, 9.17) is 9.68 Å². The van der Waals surface area contributed by atoms with Crippen LogP contribution in [-0.4, -0.2) is 15.0 Å². The van der Waals surface area contributed by atoms with Crippen molar-refractivity contribution in [3.05, 3.63) is 36.1 Å². The topological polar surface area (TPSA) is 78.5 Å². The van der Waals surface area contributed by atoms with E-state index in [1.165, 1.54) is 6.33 Å². The molecule has 1 aromatic carbocycles. The van der Waals surface area contributed by atoms with Gasteiger partial charge >= 0.3 is 0 Å². The molecule has 0 radical (unpaired) electrons. The molecule has 82 valence electrons. The first kappa shape index (κ1) is 9.60. The standard InChI is InChI=1S/C12H8N4O/c1-7-16-9-4-8(2-3-11(9)17-7)12-10(5-13)14-6-15-12/h2-4,6H,1H3,(H,14,15). The van der Waals surface area contributed by atoms with Crippen molar-refractivity contribution in [3.8, 4) is 17.3 Å². The summed E-state index contributed by atoms with van der Waals surface area (Å²) < 4.78 is 5.39. The molecule has 0 aliphatic carbocycles. The highest BCUT2D eigenvalue weighted by Crippen LogP contribution is 2.24. The van der Waals surface area contributed by atoms with Crippen LogP contribution in [0.15, 0.2) is 28.9 Å². The van der Waals surface area contributed by atoms with Gasteiger partial charge in [-0.2, -0.15) is 5.26 Å². The van der Waals surface area contributed by atoms with Crippen molar-refractivity contribution in [3.63, 3.8) is 0 Å². The van der Waals surface area contributed by atoms with Gasteiger partial charge in [0.05, 0.1) is 12.0 Å². The zero-order valence-corrected chi connectivity index (χ0v) is 9.06. The van der Waals surface area contributed by atoms with Gasteiger partial charge in [0.2, 0.25) is 0 Å². The number of aromatic nitrogens is 3. The number of nitrogens with zero attached hydrogens (tertiary/aromatic N) is 3. The normalized spacial score (nSPS) is 10.6. The number of hydrogen-bond acceptors (Lipinski definition) is 4. The van der Waals surface area contributed by atoms with Crippen molar-refractivity contribution >= 4 is 11.1 Å². The molecule has 17 heavy (non-hydrogen) atoms. The number of hydrogen-bond donors (Lipinski definition) is 1. The summed E-state index contributed by atoms with van der Waals surface area (Å²) in [6.07, 6.45) is 1.51. The zero-order valence-electron chi connectivity index (χ0n) is 9.06. The van der Waals surface area contributed by atoms with Gasteiger partial charge < -0.3 is 9.40 Å². The Morgan fingerprint density at radius 1 is 1.41 bits per heavy atom. The number of imidazole rings is 1. The predicted molar refractivity (Wildman–Crippen MR) is 61.0 cm³/mol. The molecule has 0 unspecified atom stereocenters. The van der Waals surface area contributed by atoms with Gasteiger partial charge in [-0.1, -0.05) is 0 Å². The van der Waals surface area contributed by atoms with Crippen molar-refractivity contribution in [2.75, 3.05) is 0 Å². The number of oxazole rings is 1. The monoisotopic (exact) mass is 224 g/mol. The van der Waals surface area contributed by atoms with E-state index in [0.29, 0.717) is 17.3 Å². The molecule has 1 N–H and O–H groups in total. The molecule has 0 atom stereocenters. The lowest BCUT2D eigenvalue weighted by Gasteiger charge is -1.97. The van der Waals surface area contributed by atoms with E-state index in [9.17, 15) is 0 Å². The average molecular weight is 224 g/mol. The molecule has 3 rings (SSSR count). The lowest BCUT2D eigenvalue weighted by molar-refractivity contribution is 0.561. The Morgan fingerprint density at radius 3 is 3.12 bits per heavy atom. The molecular formula is C12H8N4O. The summed E-state index contributed by atoms with van der Waals surface area (Å²) in [5, 5.41) is 8.92. The second-order valence-electron chi connectivity index (χ2n) is 3.65. The maximum absolute atomic E-state index is 8.92. The van der Waals surface area contributed by atoms with Crippen LogP contribution in [0.2, 0.25) is 0 Å². The number of fused-ring (bicyclic) bond motifs is 1. The van der Waals surface area contributed by atoms with E-state index in [1.54, 1.807) is 6.92 Å². The van der Waals surface area contributed by atoms with E-state index in [0.717, 1.165) is 16.7 Å². The van der Waals surface area contributed by atoms with Gasteiger partial charge in [-0.05, 0) is 18.2 Å². The third-order valence-corrected chi connectivity index (χ3v) is 2.53. The molecule has 0 saturated heterocycles. The average Bonchev–Trinajstić information content (AvgIpc) is 2.91. The quantitative estimate of drug-likeness (QED) is 0.688. The third-order valence-electron chi connectivity index (χ3n) is 2.53. The molecule has 2 aromatic heterocycles. The van der Waals surface area contributed by atoms with Gasteiger partial charge in [0, 0.05) is 12.5 Å². The molecule has 3 aromatic rings. The summed E-state index contributed by atoms with van der Waals surface area (Å²) in [5.41, 5.74) is 3.47. The molecule has 0 amide bonds. The summed E-state index contributed by atoms with van der Waals surface area (Å²) in [6.45, 7) is 1.80. The Kier molecular flexibility index (Phi) is 1.95. The van der Waals surface area contributed by atoms with Crippen molar-refractivity contribution in [2.45, 2.75) is 6.92 Å². The second-order valence-corrected chi connectivity index (χ2v) is 3.65. The first-order valence-corrected chi connectivity index (χ1v) is 5.09. The molecule has 0 spiro atoms. The van der Waals surface area contributed by atoms with Gasteiger partial charge in [0.25, 0.3) is 0 Å². The highest BCUT2D eigenvalue weighted by molar-refractivity contribution is 5.80. The summed E-state index contributed by atoms with van der Waals surface area (Å²) >= 11 is 0. The van der Waals surface area contributed by atoms with Crippen LogP contribution in [0, 0.1) is 18.3 Å². The van der Waals surface area contributed by atoms with E-state index in [1.807, 2.05) is 24.3 Å². The number of rotatable bonds is 1. The summed E-state index contributed by atoms with van der Waals surface area (Å²) in [4.78, 5) is 11.1. The Labute approximate surface area is 96.7 Å². The van der Waals surface area contributed by atoms with Crippen LogP contribution in [0.3, 0.4) is 0 Å². The molecule has 0 saturated carbocycles. The van der Waals surface area contributed by atoms with Crippen LogP contribution in [-0.2, 0) is 0 Å². The van der Waals surface area contributed by atoms with E-state index in [-0.39, 0.29) is 0 Å². The number of benzene rings is 1. The van der Waals surface area contributed by atoms with Crippen LogP contribution in [0.25, 0.3) is 22.4 Å². The first-order chi connectivity index (χ1) is 8.28. The SMILES string of the molecule is Cc1nc2cc(-c3[nH]cnc3C#N)ccc2o1. The van der Waals surface area contributed by atoms with Crippen molar-refractivity contribution in [2.24, 2.45) is 0 Å². The van der Waals surface area contributed by atoms with Gasteiger partial charge in [-0.25, -0.2) is 9.97 Å². The maximum Gasteiger partial charge on any atom is 0.192 e.